The summed E-state index contributed by atoms with van der Waals surface area (Å²) in [5.41, 5.74) is 1.63. The van der Waals surface area contributed by atoms with Gasteiger partial charge in [-0.2, -0.15) is 0 Å². The van der Waals surface area contributed by atoms with Crippen LogP contribution >= 0.6 is 0 Å². The third kappa shape index (κ3) is 7.54. The van der Waals surface area contributed by atoms with Gasteiger partial charge in [0.25, 0.3) is 0 Å². The van der Waals surface area contributed by atoms with Crippen molar-refractivity contribution in [3.8, 4) is 11.5 Å². The summed E-state index contributed by atoms with van der Waals surface area (Å²) >= 11 is 0. The van der Waals surface area contributed by atoms with Crippen molar-refractivity contribution in [3.63, 3.8) is 0 Å². The fourth-order valence-electron chi connectivity index (χ4n) is 2.60. The van der Waals surface area contributed by atoms with Crippen molar-refractivity contribution in [1.29, 1.82) is 0 Å². The van der Waals surface area contributed by atoms with Gasteiger partial charge in [0.2, 0.25) is 0 Å². The first-order valence-corrected chi connectivity index (χ1v) is 9.26. The minimum Gasteiger partial charge on any atom is -0.508 e. The molecule has 0 bridgehead atoms. The van der Waals surface area contributed by atoms with Crippen LogP contribution in [-0.2, 0) is 16.0 Å². The molecule has 2 rings (SSSR count). The SMILES string of the molecule is CCCCNC(CCc1ccccc1)OC(=O)C=Cc1ccc(O)cc1O. The highest BCUT2D eigenvalue weighted by Gasteiger charge is 2.12. The second-order valence-corrected chi connectivity index (χ2v) is 6.33. The normalized spacial score (nSPS) is 12.2. The smallest absolute Gasteiger partial charge is 0.332 e. The van der Waals surface area contributed by atoms with Gasteiger partial charge in [-0.1, -0.05) is 43.7 Å². The first-order chi connectivity index (χ1) is 13.1. The molecule has 3 N–H and O–H groups in total. The molecule has 0 spiro atoms. The largest absolute Gasteiger partial charge is 0.508 e. The molecule has 27 heavy (non-hydrogen) atoms. The third-order valence-corrected chi connectivity index (χ3v) is 4.11. The van der Waals surface area contributed by atoms with E-state index in [9.17, 15) is 15.0 Å². The van der Waals surface area contributed by atoms with Gasteiger partial charge in [-0.15, -0.1) is 0 Å². The Balaban J connectivity index is 1.93. The summed E-state index contributed by atoms with van der Waals surface area (Å²) in [6, 6.07) is 14.3. The minimum atomic E-state index is -0.482. The Morgan fingerprint density at radius 1 is 1.19 bits per heavy atom. The number of phenolic OH excluding ortho intramolecular Hbond substituents is 2. The van der Waals surface area contributed by atoms with E-state index in [1.54, 1.807) is 0 Å². The lowest BCUT2D eigenvalue weighted by Gasteiger charge is -2.18. The van der Waals surface area contributed by atoms with Gasteiger partial charge < -0.3 is 14.9 Å². The van der Waals surface area contributed by atoms with Crippen LogP contribution in [0.4, 0.5) is 0 Å². The molecular formula is C22H27NO4. The van der Waals surface area contributed by atoms with Crippen molar-refractivity contribution >= 4 is 12.0 Å². The number of nitrogens with one attached hydrogen (secondary N) is 1. The number of hydrogen-bond acceptors (Lipinski definition) is 5. The summed E-state index contributed by atoms with van der Waals surface area (Å²) in [6.45, 7) is 2.89. The van der Waals surface area contributed by atoms with E-state index in [1.165, 1.54) is 35.9 Å². The molecule has 144 valence electrons. The van der Waals surface area contributed by atoms with Crippen LogP contribution in [0.2, 0.25) is 0 Å². The molecule has 5 heteroatoms. The fourth-order valence-corrected chi connectivity index (χ4v) is 2.60. The molecule has 5 nitrogen and oxygen atoms in total. The van der Waals surface area contributed by atoms with Crippen LogP contribution in [0.1, 0.15) is 37.3 Å². The number of phenols is 2. The summed E-state index contributed by atoms with van der Waals surface area (Å²) in [7, 11) is 0. The first-order valence-electron chi connectivity index (χ1n) is 9.26. The second kappa shape index (κ2) is 11.0. The van der Waals surface area contributed by atoms with Crippen LogP contribution in [0.3, 0.4) is 0 Å². The van der Waals surface area contributed by atoms with E-state index < -0.39 is 5.97 Å². The van der Waals surface area contributed by atoms with Crippen molar-refractivity contribution in [3.05, 3.63) is 65.7 Å². The summed E-state index contributed by atoms with van der Waals surface area (Å²) in [5, 5.41) is 22.3. The van der Waals surface area contributed by atoms with Gasteiger partial charge in [-0.25, -0.2) is 4.79 Å². The Bertz CT molecular complexity index is 743. The number of esters is 1. The van der Waals surface area contributed by atoms with Gasteiger partial charge in [0.1, 0.15) is 11.5 Å². The first kappa shape index (κ1) is 20.5. The molecule has 0 saturated heterocycles. The highest BCUT2D eigenvalue weighted by Crippen LogP contribution is 2.23. The summed E-state index contributed by atoms with van der Waals surface area (Å²) < 4.78 is 5.54. The minimum absolute atomic E-state index is 0.0340. The van der Waals surface area contributed by atoms with Crippen LogP contribution in [0.15, 0.2) is 54.6 Å². The number of aryl methyl sites for hydroxylation is 1. The number of rotatable bonds is 10. The van der Waals surface area contributed by atoms with Gasteiger partial charge in [-0.3, -0.25) is 5.32 Å². The fraction of sp³-hybridized carbons (Fsp3) is 0.318. The van der Waals surface area contributed by atoms with Crippen molar-refractivity contribution in [2.45, 2.75) is 38.8 Å². The standard InChI is InChI=1S/C22H27NO4/c1-2-3-15-23-21(13-9-17-7-5-4-6-8-17)27-22(26)14-11-18-10-12-19(24)16-20(18)25/h4-8,10-12,14,16,21,23-25H,2-3,9,13,15H2,1H3. The molecule has 1 unspecified atom stereocenters. The zero-order chi connectivity index (χ0) is 19.5. The van der Waals surface area contributed by atoms with Crippen LogP contribution < -0.4 is 5.32 Å². The highest BCUT2D eigenvalue weighted by molar-refractivity contribution is 5.87. The van der Waals surface area contributed by atoms with E-state index in [0.717, 1.165) is 25.8 Å². The molecule has 0 aromatic heterocycles. The van der Waals surface area contributed by atoms with Crippen LogP contribution in [0, 0.1) is 0 Å². The monoisotopic (exact) mass is 369 g/mol. The van der Waals surface area contributed by atoms with Crippen molar-refractivity contribution in [2.24, 2.45) is 0 Å². The number of carbonyl (C=O) groups excluding carboxylic acids is 1. The highest BCUT2D eigenvalue weighted by atomic mass is 16.6. The lowest BCUT2D eigenvalue weighted by atomic mass is 10.1. The average Bonchev–Trinajstić information content (AvgIpc) is 2.66. The van der Waals surface area contributed by atoms with E-state index in [0.29, 0.717) is 12.0 Å². The predicted molar refractivity (Wildman–Crippen MR) is 106 cm³/mol. The van der Waals surface area contributed by atoms with Crippen LogP contribution in [0.5, 0.6) is 11.5 Å². The van der Waals surface area contributed by atoms with Crippen molar-refractivity contribution in [1.82, 2.24) is 5.32 Å². The summed E-state index contributed by atoms with van der Waals surface area (Å²) in [4.78, 5) is 12.2. The Kier molecular flexibility index (Phi) is 8.39. The maximum atomic E-state index is 12.2. The lowest BCUT2D eigenvalue weighted by molar-refractivity contribution is -0.144. The number of carbonyl (C=O) groups is 1. The maximum Gasteiger partial charge on any atom is 0.332 e. The summed E-state index contributed by atoms with van der Waals surface area (Å²) in [6.07, 6.45) is 5.93. The van der Waals surface area contributed by atoms with Crippen molar-refractivity contribution in [2.75, 3.05) is 6.54 Å². The molecule has 0 heterocycles. The van der Waals surface area contributed by atoms with Crippen LogP contribution in [-0.4, -0.2) is 29.0 Å². The van der Waals surface area contributed by atoms with E-state index in [4.69, 9.17) is 4.74 Å². The number of benzene rings is 2. The maximum absolute atomic E-state index is 12.2. The van der Waals surface area contributed by atoms with Gasteiger partial charge in [-0.05, 0) is 43.2 Å². The predicted octanol–water partition coefficient (Wildman–Crippen LogP) is 4.00. The third-order valence-electron chi connectivity index (χ3n) is 4.11. The molecule has 0 saturated carbocycles. The molecule has 0 aliphatic heterocycles. The molecule has 0 fully saturated rings. The molecule has 2 aromatic carbocycles. The molecule has 0 aliphatic carbocycles. The van der Waals surface area contributed by atoms with E-state index in [1.807, 2.05) is 18.2 Å². The van der Waals surface area contributed by atoms with Crippen LogP contribution in [0.25, 0.3) is 6.08 Å². The molecule has 2 aromatic rings. The van der Waals surface area contributed by atoms with Gasteiger partial charge in [0.05, 0.1) is 0 Å². The lowest BCUT2D eigenvalue weighted by Crippen LogP contribution is -2.34. The van der Waals surface area contributed by atoms with Crippen molar-refractivity contribution < 1.29 is 19.7 Å². The Hall–Kier alpha value is -2.79. The number of aromatic hydroxyl groups is 2. The number of unbranched alkanes of at least 4 members (excludes halogenated alkanes) is 1. The Morgan fingerprint density at radius 2 is 1.96 bits per heavy atom. The Labute approximate surface area is 160 Å². The van der Waals surface area contributed by atoms with Gasteiger partial charge in [0.15, 0.2) is 6.23 Å². The Morgan fingerprint density at radius 3 is 2.67 bits per heavy atom. The average molecular weight is 369 g/mol. The van der Waals surface area contributed by atoms with Gasteiger partial charge >= 0.3 is 5.97 Å². The molecule has 1 atom stereocenters. The number of hydrogen-bond donors (Lipinski definition) is 3. The molecular weight excluding hydrogens is 342 g/mol. The molecule has 0 radical (unpaired) electrons. The zero-order valence-corrected chi connectivity index (χ0v) is 15.6. The summed E-state index contributed by atoms with van der Waals surface area (Å²) in [5.74, 6) is -0.612. The zero-order valence-electron chi connectivity index (χ0n) is 15.6. The topological polar surface area (TPSA) is 78.8 Å². The second-order valence-electron chi connectivity index (χ2n) is 6.33. The van der Waals surface area contributed by atoms with E-state index in [-0.39, 0.29) is 17.7 Å². The molecule has 0 aliphatic rings. The quantitative estimate of drug-likeness (QED) is 0.255. The van der Waals surface area contributed by atoms with E-state index >= 15 is 0 Å². The van der Waals surface area contributed by atoms with E-state index in [2.05, 4.69) is 24.4 Å². The van der Waals surface area contributed by atoms with Gasteiger partial charge in [0, 0.05) is 24.1 Å². The number of ether oxygens (including phenoxy) is 1. The molecule has 0 amide bonds.